The Morgan fingerprint density at radius 1 is 1.19 bits per heavy atom. The van der Waals surface area contributed by atoms with Gasteiger partial charge in [-0.15, -0.1) is 0 Å². The molecule has 5 heteroatoms. The number of anilines is 1. The van der Waals surface area contributed by atoms with Crippen molar-refractivity contribution in [3.63, 3.8) is 0 Å². The van der Waals surface area contributed by atoms with E-state index in [4.69, 9.17) is 5.11 Å². The predicted molar refractivity (Wildman–Crippen MR) is 79.4 cm³/mol. The summed E-state index contributed by atoms with van der Waals surface area (Å²) < 4.78 is 0. The molecule has 0 saturated heterocycles. The van der Waals surface area contributed by atoms with Crippen LogP contribution in [0, 0.1) is 5.92 Å². The number of benzene rings is 1. The standard InChI is InChI=1S/C16H17N3O2/c20-16(21)14-9-19-15(10-17-14)18-8-11-6-13(7-11)12-4-2-1-3-5-12/h1-5,9-11,13H,6-8H2,(H,18,19)(H,20,21). The summed E-state index contributed by atoms with van der Waals surface area (Å²) in [4.78, 5) is 18.6. The Morgan fingerprint density at radius 2 is 1.95 bits per heavy atom. The minimum Gasteiger partial charge on any atom is -0.476 e. The van der Waals surface area contributed by atoms with E-state index in [1.165, 1.54) is 30.8 Å². The number of hydrogen-bond donors (Lipinski definition) is 2. The second kappa shape index (κ2) is 5.91. The van der Waals surface area contributed by atoms with Crippen LogP contribution in [-0.4, -0.2) is 27.6 Å². The van der Waals surface area contributed by atoms with Crippen molar-refractivity contribution in [1.82, 2.24) is 9.97 Å². The van der Waals surface area contributed by atoms with Crippen LogP contribution in [0.1, 0.15) is 34.8 Å². The summed E-state index contributed by atoms with van der Waals surface area (Å²) in [6.45, 7) is 0.852. The van der Waals surface area contributed by atoms with E-state index in [1.807, 2.05) is 6.07 Å². The van der Waals surface area contributed by atoms with Gasteiger partial charge in [0, 0.05) is 6.54 Å². The van der Waals surface area contributed by atoms with Crippen LogP contribution in [0.15, 0.2) is 42.7 Å². The zero-order chi connectivity index (χ0) is 14.7. The Balaban J connectivity index is 1.46. The average Bonchev–Trinajstić information content (AvgIpc) is 2.47. The molecule has 0 bridgehead atoms. The molecule has 1 heterocycles. The summed E-state index contributed by atoms with van der Waals surface area (Å²) in [6.07, 6.45) is 5.10. The van der Waals surface area contributed by atoms with Crippen molar-refractivity contribution in [1.29, 1.82) is 0 Å². The molecule has 0 amide bonds. The molecule has 2 N–H and O–H groups in total. The molecule has 1 fully saturated rings. The zero-order valence-corrected chi connectivity index (χ0v) is 11.6. The molecule has 108 valence electrons. The fourth-order valence-corrected chi connectivity index (χ4v) is 2.68. The van der Waals surface area contributed by atoms with Crippen molar-refractivity contribution in [2.24, 2.45) is 5.92 Å². The summed E-state index contributed by atoms with van der Waals surface area (Å²) in [7, 11) is 0. The van der Waals surface area contributed by atoms with Crippen LogP contribution >= 0.6 is 0 Å². The lowest BCUT2D eigenvalue weighted by molar-refractivity contribution is 0.0690. The highest BCUT2D eigenvalue weighted by atomic mass is 16.4. The number of carboxylic acids is 1. The van der Waals surface area contributed by atoms with E-state index >= 15 is 0 Å². The van der Waals surface area contributed by atoms with Crippen LogP contribution in [0.5, 0.6) is 0 Å². The second-order valence-corrected chi connectivity index (χ2v) is 5.42. The summed E-state index contributed by atoms with van der Waals surface area (Å²) >= 11 is 0. The number of hydrogen-bond acceptors (Lipinski definition) is 4. The third-order valence-electron chi connectivity index (χ3n) is 3.95. The van der Waals surface area contributed by atoms with Gasteiger partial charge in [-0.2, -0.15) is 0 Å². The highest BCUT2D eigenvalue weighted by molar-refractivity contribution is 5.84. The van der Waals surface area contributed by atoms with E-state index in [2.05, 4.69) is 39.6 Å². The Kier molecular flexibility index (Phi) is 3.81. The fourth-order valence-electron chi connectivity index (χ4n) is 2.68. The molecule has 1 saturated carbocycles. The maximum absolute atomic E-state index is 10.7. The molecule has 1 aromatic carbocycles. The van der Waals surface area contributed by atoms with Crippen LogP contribution in [0.25, 0.3) is 0 Å². The minimum absolute atomic E-state index is 0.0339. The van der Waals surface area contributed by atoms with Crippen LogP contribution in [0.2, 0.25) is 0 Å². The predicted octanol–water partition coefficient (Wildman–Crippen LogP) is 2.78. The van der Waals surface area contributed by atoms with E-state index in [0.717, 1.165) is 6.54 Å². The van der Waals surface area contributed by atoms with Gasteiger partial charge in [-0.05, 0) is 30.2 Å². The Morgan fingerprint density at radius 3 is 2.57 bits per heavy atom. The fraction of sp³-hybridized carbons (Fsp3) is 0.312. The number of carboxylic acid groups (broad SMARTS) is 1. The highest BCUT2D eigenvalue weighted by Crippen LogP contribution is 2.41. The summed E-state index contributed by atoms with van der Waals surface area (Å²) in [6, 6.07) is 10.6. The third kappa shape index (κ3) is 3.18. The van der Waals surface area contributed by atoms with E-state index < -0.39 is 5.97 Å². The zero-order valence-electron chi connectivity index (χ0n) is 11.6. The number of nitrogens with zero attached hydrogens (tertiary/aromatic N) is 2. The topological polar surface area (TPSA) is 75.1 Å². The van der Waals surface area contributed by atoms with Crippen LogP contribution in [-0.2, 0) is 0 Å². The van der Waals surface area contributed by atoms with Gasteiger partial charge in [0.2, 0.25) is 0 Å². The molecular weight excluding hydrogens is 266 g/mol. The van der Waals surface area contributed by atoms with Crippen molar-refractivity contribution in [2.45, 2.75) is 18.8 Å². The molecule has 1 aliphatic rings. The van der Waals surface area contributed by atoms with E-state index in [-0.39, 0.29) is 5.69 Å². The average molecular weight is 283 g/mol. The lowest BCUT2D eigenvalue weighted by Crippen LogP contribution is -2.28. The first-order chi connectivity index (χ1) is 10.2. The van der Waals surface area contributed by atoms with E-state index in [1.54, 1.807) is 0 Å². The molecule has 1 aromatic heterocycles. The van der Waals surface area contributed by atoms with Gasteiger partial charge in [-0.1, -0.05) is 30.3 Å². The lowest BCUT2D eigenvalue weighted by atomic mass is 9.71. The van der Waals surface area contributed by atoms with Crippen molar-refractivity contribution in [3.05, 3.63) is 54.0 Å². The van der Waals surface area contributed by atoms with E-state index in [0.29, 0.717) is 17.7 Å². The number of aromatic nitrogens is 2. The molecule has 3 rings (SSSR count). The number of carbonyl (C=O) groups is 1. The Hall–Kier alpha value is -2.43. The maximum Gasteiger partial charge on any atom is 0.356 e. The van der Waals surface area contributed by atoms with Crippen LogP contribution < -0.4 is 5.32 Å². The molecule has 5 nitrogen and oxygen atoms in total. The largest absolute Gasteiger partial charge is 0.476 e. The second-order valence-electron chi connectivity index (χ2n) is 5.42. The monoisotopic (exact) mass is 283 g/mol. The highest BCUT2D eigenvalue weighted by Gasteiger charge is 2.29. The van der Waals surface area contributed by atoms with Crippen LogP contribution in [0.3, 0.4) is 0 Å². The van der Waals surface area contributed by atoms with E-state index in [9.17, 15) is 4.79 Å². The molecule has 0 atom stereocenters. The molecule has 0 unspecified atom stereocenters. The van der Waals surface area contributed by atoms with Gasteiger partial charge in [0.15, 0.2) is 5.69 Å². The van der Waals surface area contributed by atoms with Crippen molar-refractivity contribution in [3.8, 4) is 0 Å². The quantitative estimate of drug-likeness (QED) is 0.882. The lowest BCUT2D eigenvalue weighted by Gasteiger charge is -2.35. The summed E-state index contributed by atoms with van der Waals surface area (Å²) in [5.41, 5.74) is 1.38. The van der Waals surface area contributed by atoms with Crippen molar-refractivity contribution < 1.29 is 9.90 Å². The van der Waals surface area contributed by atoms with Crippen molar-refractivity contribution in [2.75, 3.05) is 11.9 Å². The normalized spacial score (nSPS) is 20.6. The summed E-state index contributed by atoms with van der Waals surface area (Å²) in [5, 5.41) is 12.0. The first kappa shape index (κ1) is 13.5. The van der Waals surface area contributed by atoms with Gasteiger partial charge >= 0.3 is 5.97 Å². The van der Waals surface area contributed by atoms with Gasteiger partial charge < -0.3 is 10.4 Å². The van der Waals surface area contributed by atoms with Gasteiger partial charge in [0.1, 0.15) is 5.82 Å². The van der Waals surface area contributed by atoms with Gasteiger partial charge in [-0.3, -0.25) is 0 Å². The smallest absolute Gasteiger partial charge is 0.356 e. The minimum atomic E-state index is -1.06. The van der Waals surface area contributed by atoms with Crippen LogP contribution in [0.4, 0.5) is 5.82 Å². The Labute approximate surface area is 123 Å². The molecule has 2 aromatic rings. The summed E-state index contributed by atoms with van der Waals surface area (Å²) in [5.74, 6) is 0.872. The number of aromatic carboxylic acids is 1. The number of nitrogens with one attached hydrogen (secondary N) is 1. The number of rotatable bonds is 5. The third-order valence-corrected chi connectivity index (χ3v) is 3.95. The Bertz CT molecular complexity index is 607. The first-order valence-electron chi connectivity index (χ1n) is 7.06. The van der Waals surface area contributed by atoms with Gasteiger partial charge in [0.05, 0.1) is 12.4 Å². The molecule has 0 spiro atoms. The molecule has 0 radical (unpaired) electrons. The van der Waals surface area contributed by atoms with Crippen molar-refractivity contribution >= 4 is 11.8 Å². The first-order valence-corrected chi connectivity index (χ1v) is 7.06. The molecule has 0 aliphatic heterocycles. The maximum atomic E-state index is 10.7. The van der Waals surface area contributed by atoms with Gasteiger partial charge in [0.25, 0.3) is 0 Å². The SMILES string of the molecule is O=C(O)c1cnc(NCC2CC(c3ccccc3)C2)cn1. The molecular formula is C16H17N3O2. The molecule has 1 aliphatic carbocycles. The van der Waals surface area contributed by atoms with Gasteiger partial charge in [-0.25, -0.2) is 14.8 Å². The molecule has 21 heavy (non-hydrogen) atoms.